The molecule has 2 heterocycles. The number of carbonyl (C=O) groups is 1. The van der Waals surface area contributed by atoms with Crippen LogP contribution >= 0.6 is 0 Å². The maximum atomic E-state index is 12.8. The van der Waals surface area contributed by atoms with Gasteiger partial charge in [0, 0.05) is 37.3 Å². The summed E-state index contributed by atoms with van der Waals surface area (Å²) in [6.07, 6.45) is 10.8. The van der Waals surface area contributed by atoms with Crippen LogP contribution in [0.1, 0.15) is 55.4 Å². The van der Waals surface area contributed by atoms with Gasteiger partial charge in [-0.3, -0.25) is 4.79 Å². The van der Waals surface area contributed by atoms with Gasteiger partial charge in [-0.05, 0) is 62.3 Å². The zero-order chi connectivity index (χ0) is 18.3. The third kappa shape index (κ3) is 2.15. The van der Waals surface area contributed by atoms with Gasteiger partial charge >= 0.3 is 0 Å². The molecule has 4 bridgehead atoms. The summed E-state index contributed by atoms with van der Waals surface area (Å²) in [4.78, 5) is 24.0. The summed E-state index contributed by atoms with van der Waals surface area (Å²) >= 11 is 0. The minimum Gasteiger partial charge on any atom is -0.351 e. The Hall–Kier alpha value is -2.11. The van der Waals surface area contributed by atoms with Crippen LogP contribution in [0.2, 0.25) is 0 Å². The average Bonchev–Trinajstić information content (AvgIpc) is 3.26. The summed E-state index contributed by atoms with van der Waals surface area (Å²) in [5.74, 6) is 3.31. The standard InChI is InChI=1S/C21H27N5O/c1-25(2)19(27)17-7-15-11-22-20(23-16-6-12-3-4-14(16)5-12)24-18(15)26(17)21-8-13(9-21)10-21/h7,11-14,16H,3-6,8-10H2,1-2H3,(H,22,23,24). The van der Waals surface area contributed by atoms with Gasteiger partial charge in [0.1, 0.15) is 11.3 Å². The lowest BCUT2D eigenvalue weighted by Crippen LogP contribution is -2.60. The molecule has 5 fully saturated rings. The van der Waals surface area contributed by atoms with Crippen LogP contribution in [-0.2, 0) is 5.54 Å². The van der Waals surface area contributed by atoms with Gasteiger partial charge in [0.05, 0.1) is 0 Å². The SMILES string of the molecule is CN(C)C(=O)c1cc2cnc(NC3CC4CCC3C4)nc2n1C12CC(C1)C2. The highest BCUT2D eigenvalue weighted by Gasteiger charge is 2.59. The topological polar surface area (TPSA) is 63.1 Å². The predicted molar refractivity (Wildman–Crippen MR) is 104 cm³/mol. The number of aromatic nitrogens is 3. The van der Waals surface area contributed by atoms with E-state index in [1.54, 1.807) is 4.90 Å². The largest absolute Gasteiger partial charge is 0.351 e. The van der Waals surface area contributed by atoms with E-state index in [2.05, 4.69) is 14.9 Å². The van der Waals surface area contributed by atoms with Crippen LogP contribution in [0.5, 0.6) is 0 Å². The Morgan fingerprint density at radius 3 is 2.63 bits per heavy atom. The van der Waals surface area contributed by atoms with E-state index in [0.29, 0.717) is 6.04 Å². The fourth-order valence-corrected chi connectivity index (χ4v) is 6.22. The molecule has 27 heavy (non-hydrogen) atoms. The fraction of sp³-hybridized carbons (Fsp3) is 0.667. The maximum Gasteiger partial charge on any atom is 0.270 e. The van der Waals surface area contributed by atoms with E-state index in [1.807, 2.05) is 26.4 Å². The fourth-order valence-electron chi connectivity index (χ4n) is 6.22. The van der Waals surface area contributed by atoms with Gasteiger partial charge in [0.15, 0.2) is 0 Å². The molecule has 5 aliphatic rings. The molecule has 1 N–H and O–H groups in total. The number of rotatable bonds is 4. The molecular formula is C21H27N5O. The van der Waals surface area contributed by atoms with Gasteiger partial charge < -0.3 is 14.8 Å². The minimum absolute atomic E-state index is 0.0559. The Labute approximate surface area is 159 Å². The van der Waals surface area contributed by atoms with E-state index in [1.165, 1.54) is 44.9 Å². The molecule has 2 aromatic heterocycles. The normalized spacial score (nSPS) is 35.8. The molecule has 6 heteroatoms. The molecule has 0 aromatic carbocycles. The maximum absolute atomic E-state index is 12.8. The first-order chi connectivity index (χ1) is 13.0. The average molecular weight is 365 g/mol. The van der Waals surface area contributed by atoms with Gasteiger partial charge in [-0.15, -0.1) is 0 Å². The number of nitrogens with one attached hydrogen (secondary N) is 1. The second-order valence-electron chi connectivity index (χ2n) is 9.67. The number of anilines is 1. The van der Waals surface area contributed by atoms with Crippen LogP contribution in [-0.4, -0.2) is 45.5 Å². The first kappa shape index (κ1) is 15.9. The quantitative estimate of drug-likeness (QED) is 0.903. The monoisotopic (exact) mass is 365 g/mol. The van der Waals surface area contributed by atoms with Crippen molar-refractivity contribution in [1.29, 1.82) is 0 Å². The predicted octanol–water partition coefficient (Wildman–Crippen LogP) is 3.24. The molecule has 1 amide bonds. The smallest absolute Gasteiger partial charge is 0.270 e. The first-order valence-corrected chi connectivity index (χ1v) is 10.4. The summed E-state index contributed by atoms with van der Waals surface area (Å²) in [5.41, 5.74) is 1.81. The molecule has 5 aliphatic carbocycles. The van der Waals surface area contributed by atoms with Crippen molar-refractivity contribution in [3.63, 3.8) is 0 Å². The highest BCUT2D eigenvalue weighted by Crippen LogP contribution is 2.63. The van der Waals surface area contributed by atoms with Crippen molar-refractivity contribution in [1.82, 2.24) is 19.4 Å². The lowest BCUT2D eigenvalue weighted by atomic mass is 9.49. The molecule has 0 spiro atoms. The van der Waals surface area contributed by atoms with Crippen LogP contribution < -0.4 is 5.32 Å². The van der Waals surface area contributed by atoms with E-state index < -0.39 is 0 Å². The van der Waals surface area contributed by atoms with E-state index >= 15 is 0 Å². The van der Waals surface area contributed by atoms with Gasteiger partial charge in [0.2, 0.25) is 5.95 Å². The molecular weight excluding hydrogens is 338 g/mol. The highest BCUT2D eigenvalue weighted by molar-refractivity contribution is 5.98. The van der Waals surface area contributed by atoms with Crippen molar-refractivity contribution in [3.8, 4) is 0 Å². The van der Waals surface area contributed by atoms with Crippen LogP contribution in [0, 0.1) is 17.8 Å². The molecule has 3 unspecified atom stereocenters. The highest BCUT2D eigenvalue weighted by atomic mass is 16.2. The van der Waals surface area contributed by atoms with E-state index in [9.17, 15) is 4.79 Å². The van der Waals surface area contributed by atoms with Crippen molar-refractivity contribution in [3.05, 3.63) is 18.0 Å². The van der Waals surface area contributed by atoms with Crippen LogP contribution in [0.15, 0.2) is 12.3 Å². The first-order valence-electron chi connectivity index (χ1n) is 10.4. The Morgan fingerprint density at radius 2 is 2.04 bits per heavy atom. The zero-order valence-corrected chi connectivity index (χ0v) is 16.1. The van der Waals surface area contributed by atoms with Gasteiger partial charge in [-0.2, -0.15) is 4.98 Å². The van der Waals surface area contributed by atoms with Crippen molar-refractivity contribution in [2.75, 3.05) is 19.4 Å². The lowest BCUT2D eigenvalue weighted by molar-refractivity contribution is -0.0870. The lowest BCUT2D eigenvalue weighted by Gasteiger charge is -2.62. The molecule has 5 saturated carbocycles. The number of carbonyl (C=O) groups excluding carboxylic acids is 1. The Bertz CT molecular complexity index is 930. The summed E-state index contributed by atoms with van der Waals surface area (Å²) < 4.78 is 2.25. The van der Waals surface area contributed by atoms with E-state index in [0.717, 1.165) is 40.4 Å². The Kier molecular flexibility index (Phi) is 3.08. The molecule has 7 rings (SSSR count). The van der Waals surface area contributed by atoms with E-state index in [-0.39, 0.29) is 11.4 Å². The zero-order valence-electron chi connectivity index (χ0n) is 16.1. The van der Waals surface area contributed by atoms with E-state index in [4.69, 9.17) is 4.98 Å². The van der Waals surface area contributed by atoms with Crippen LogP contribution in [0.4, 0.5) is 5.95 Å². The molecule has 0 saturated heterocycles. The number of fused-ring (bicyclic) bond motifs is 3. The number of amides is 1. The van der Waals surface area contributed by atoms with Crippen molar-refractivity contribution < 1.29 is 4.79 Å². The minimum atomic E-state index is 0.0559. The van der Waals surface area contributed by atoms with Crippen molar-refractivity contribution in [2.45, 2.75) is 56.5 Å². The van der Waals surface area contributed by atoms with Gasteiger partial charge in [-0.1, -0.05) is 6.42 Å². The third-order valence-corrected chi connectivity index (χ3v) is 7.70. The Morgan fingerprint density at radius 1 is 1.22 bits per heavy atom. The van der Waals surface area contributed by atoms with Crippen LogP contribution in [0.3, 0.4) is 0 Å². The summed E-state index contributed by atoms with van der Waals surface area (Å²) in [6.45, 7) is 0. The molecule has 6 nitrogen and oxygen atoms in total. The second-order valence-corrected chi connectivity index (χ2v) is 9.67. The second kappa shape index (κ2) is 5.24. The summed E-state index contributed by atoms with van der Waals surface area (Å²) in [6, 6.07) is 2.50. The number of hydrogen-bond donors (Lipinski definition) is 1. The molecule has 0 aliphatic heterocycles. The molecule has 0 radical (unpaired) electrons. The summed E-state index contributed by atoms with van der Waals surface area (Å²) in [5, 5.41) is 4.60. The molecule has 142 valence electrons. The number of hydrogen-bond acceptors (Lipinski definition) is 4. The number of nitrogens with zero attached hydrogens (tertiary/aromatic N) is 4. The van der Waals surface area contributed by atoms with Gasteiger partial charge in [0.25, 0.3) is 5.91 Å². The summed E-state index contributed by atoms with van der Waals surface area (Å²) in [7, 11) is 3.64. The Balaban J connectivity index is 1.41. The molecule has 3 atom stereocenters. The third-order valence-electron chi connectivity index (χ3n) is 7.70. The molecule has 2 aromatic rings. The van der Waals surface area contributed by atoms with Gasteiger partial charge in [-0.25, -0.2) is 4.98 Å². The van der Waals surface area contributed by atoms with Crippen molar-refractivity contribution >= 4 is 22.9 Å². The van der Waals surface area contributed by atoms with Crippen LogP contribution in [0.25, 0.3) is 11.0 Å². The van der Waals surface area contributed by atoms with Crippen molar-refractivity contribution in [2.24, 2.45) is 17.8 Å².